The zero-order valence-electron chi connectivity index (χ0n) is 10.9. The molecular weight excluding hydrogens is 265 g/mol. The third-order valence-electron chi connectivity index (χ3n) is 3.40. The van der Waals surface area contributed by atoms with Gasteiger partial charge in [-0.1, -0.05) is 12.1 Å². The zero-order valence-corrected chi connectivity index (χ0v) is 10.9. The van der Waals surface area contributed by atoms with Crippen LogP contribution in [-0.4, -0.2) is 9.97 Å². The normalized spacial score (nSPS) is 12.2. The molecule has 0 unspecified atom stereocenters. The summed E-state index contributed by atoms with van der Waals surface area (Å²) in [6.07, 6.45) is -2.86. The number of halogens is 3. The van der Waals surface area contributed by atoms with Gasteiger partial charge < -0.3 is 0 Å². The number of aromatic nitrogens is 2. The Kier molecular flexibility index (Phi) is 2.67. The summed E-state index contributed by atoms with van der Waals surface area (Å²) in [4.78, 5) is 7.99. The summed E-state index contributed by atoms with van der Waals surface area (Å²) in [5.41, 5.74) is 1.45. The van der Waals surface area contributed by atoms with Crippen LogP contribution in [0.15, 0.2) is 30.5 Å². The fourth-order valence-corrected chi connectivity index (χ4v) is 2.35. The van der Waals surface area contributed by atoms with Crippen LogP contribution in [0, 0.1) is 13.8 Å². The molecule has 0 saturated carbocycles. The summed E-state index contributed by atoms with van der Waals surface area (Å²) in [7, 11) is 0. The molecule has 0 atom stereocenters. The van der Waals surface area contributed by atoms with E-state index in [4.69, 9.17) is 0 Å². The van der Waals surface area contributed by atoms with Crippen molar-refractivity contribution in [3.05, 3.63) is 47.3 Å². The standard InChI is InChI=1S/C15H11F3N2/c1-8-5-6-19-13-10(8)3-4-11-9(2)7-12(15(16,17)18)20-14(11)13/h3-7H,1-2H3. The Bertz CT molecular complexity index is 823. The van der Waals surface area contributed by atoms with Crippen molar-refractivity contribution in [3.8, 4) is 0 Å². The Labute approximate surface area is 113 Å². The van der Waals surface area contributed by atoms with Gasteiger partial charge in [-0.2, -0.15) is 13.2 Å². The first-order chi connectivity index (χ1) is 9.38. The molecule has 0 aliphatic heterocycles. The van der Waals surface area contributed by atoms with Crippen LogP contribution in [0.3, 0.4) is 0 Å². The summed E-state index contributed by atoms with van der Waals surface area (Å²) in [6, 6.07) is 6.58. The van der Waals surface area contributed by atoms with Gasteiger partial charge >= 0.3 is 6.18 Å². The van der Waals surface area contributed by atoms with Gasteiger partial charge in [0.2, 0.25) is 0 Å². The summed E-state index contributed by atoms with van der Waals surface area (Å²) >= 11 is 0. The molecule has 3 aromatic rings. The third kappa shape index (κ3) is 1.90. The van der Waals surface area contributed by atoms with E-state index < -0.39 is 11.9 Å². The first kappa shape index (κ1) is 12.8. The topological polar surface area (TPSA) is 25.8 Å². The minimum Gasteiger partial charge on any atom is -0.254 e. The van der Waals surface area contributed by atoms with Gasteiger partial charge in [-0.05, 0) is 37.1 Å². The Morgan fingerprint density at radius 1 is 0.900 bits per heavy atom. The van der Waals surface area contributed by atoms with Crippen LogP contribution in [-0.2, 0) is 6.18 Å². The van der Waals surface area contributed by atoms with Crippen molar-refractivity contribution in [2.75, 3.05) is 0 Å². The molecule has 5 heteroatoms. The molecule has 0 fully saturated rings. The molecule has 1 aromatic carbocycles. The number of benzene rings is 1. The predicted octanol–water partition coefficient (Wildman–Crippen LogP) is 4.42. The third-order valence-corrected chi connectivity index (χ3v) is 3.40. The molecule has 0 radical (unpaired) electrons. The van der Waals surface area contributed by atoms with Gasteiger partial charge in [0.15, 0.2) is 0 Å². The molecule has 0 aliphatic rings. The molecule has 0 saturated heterocycles. The van der Waals surface area contributed by atoms with Crippen molar-refractivity contribution >= 4 is 21.8 Å². The number of alkyl halides is 3. The van der Waals surface area contributed by atoms with Crippen LogP contribution in [0.25, 0.3) is 21.8 Å². The van der Waals surface area contributed by atoms with E-state index in [9.17, 15) is 13.2 Å². The molecule has 3 rings (SSSR count). The molecule has 0 N–H and O–H groups in total. The van der Waals surface area contributed by atoms with Gasteiger partial charge in [0.05, 0.1) is 11.0 Å². The van der Waals surface area contributed by atoms with Crippen molar-refractivity contribution < 1.29 is 13.2 Å². The second kappa shape index (κ2) is 4.16. The van der Waals surface area contributed by atoms with Gasteiger partial charge in [0.25, 0.3) is 0 Å². The molecule has 0 aliphatic carbocycles. The van der Waals surface area contributed by atoms with Crippen LogP contribution < -0.4 is 0 Å². The van der Waals surface area contributed by atoms with E-state index in [2.05, 4.69) is 9.97 Å². The minimum absolute atomic E-state index is 0.304. The number of hydrogen-bond acceptors (Lipinski definition) is 2. The lowest BCUT2D eigenvalue weighted by Gasteiger charge is -2.11. The smallest absolute Gasteiger partial charge is 0.254 e. The average molecular weight is 276 g/mol. The number of fused-ring (bicyclic) bond motifs is 3. The van der Waals surface area contributed by atoms with E-state index in [1.165, 1.54) is 0 Å². The lowest BCUT2D eigenvalue weighted by molar-refractivity contribution is -0.141. The van der Waals surface area contributed by atoms with Crippen LogP contribution in [0.4, 0.5) is 13.2 Å². The van der Waals surface area contributed by atoms with E-state index in [1.807, 2.05) is 19.1 Å². The van der Waals surface area contributed by atoms with Crippen LogP contribution in [0.1, 0.15) is 16.8 Å². The molecule has 102 valence electrons. The second-order valence-electron chi connectivity index (χ2n) is 4.81. The summed E-state index contributed by atoms with van der Waals surface area (Å²) in [5.74, 6) is 0. The van der Waals surface area contributed by atoms with E-state index in [-0.39, 0.29) is 0 Å². The lowest BCUT2D eigenvalue weighted by atomic mass is 10.0. The fourth-order valence-electron chi connectivity index (χ4n) is 2.35. The van der Waals surface area contributed by atoms with E-state index in [0.29, 0.717) is 22.0 Å². The average Bonchev–Trinajstić information content (AvgIpc) is 2.38. The quantitative estimate of drug-likeness (QED) is 0.568. The van der Waals surface area contributed by atoms with Crippen LogP contribution in [0.2, 0.25) is 0 Å². The zero-order chi connectivity index (χ0) is 14.5. The number of nitrogens with zero attached hydrogens (tertiary/aromatic N) is 2. The summed E-state index contributed by atoms with van der Waals surface area (Å²) in [5, 5.41) is 1.52. The highest BCUT2D eigenvalue weighted by atomic mass is 19.4. The van der Waals surface area contributed by atoms with Crippen LogP contribution in [0.5, 0.6) is 0 Å². The molecule has 2 nitrogen and oxygen atoms in total. The monoisotopic (exact) mass is 276 g/mol. The highest BCUT2D eigenvalue weighted by Crippen LogP contribution is 2.33. The first-order valence-electron chi connectivity index (χ1n) is 6.11. The highest BCUT2D eigenvalue weighted by molar-refractivity contribution is 6.04. The molecule has 0 spiro atoms. The Morgan fingerprint density at radius 2 is 1.55 bits per heavy atom. The van der Waals surface area contributed by atoms with Gasteiger partial charge in [-0.15, -0.1) is 0 Å². The Hall–Kier alpha value is -2.17. The van der Waals surface area contributed by atoms with Crippen molar-refractivity contribution in [3.63, 3.8) is 0 Å². The number of aryl methyl sites for hydroxylation is 2. The molecule has 20 heavy (non-hydrogen) atoms. The highest BCUT2D eigenvalue weighted by Gasteiger charge is 2.33. The van der Waals surface area contributed by atoms with Gasteiger partial charge in [-0.25, -0.2) is 4.98 Å². The number of hydrogen-bond donors (Lipinski definition) is 0. The summed E-state index contributed by atoms with van der Waals surface area (Å²) in [6.45, 7) is 3.55. The fraction of sp³-hybridized carbons (Fsp3) is 0.200. The maximum absolute atomic E-state index is 12.9. The van der Waals surface area contributed by atoms with Crippen molar-refractivity contribution in [2.45, 2.75) is 20.0 Å². The van der Waals surface area contributed by atoms with Crippen LogP contribution >= 0.6 is 0 Å². The minimum atomic E-state index is -4.45. The van der Waals surface area contributed by atoms with E-state index in [0.717, 1.165) is 17.0 Å². The molecule has 0 bridgehead atoms. The summed E-state index contributed by atoms with van der Waals surface area (Å²) < 4.78 is 38.7. The Morgan fingerprint density at radius 3 is 2.20 bits per heavy atom. The van der Waals surface area contributed by atoms with E-state index in [1.54, 1.807) is 19.2 Å². The molecule has 2 heterocycles. The molecule has 0 amide bonds. The SMILES string of the molecule is Cc1ccnc2c1ccc1c(C)cc(C(F)(F)F)nc12. The second-order valence-corrected chi connectivity index (χ2v) is 4.81. The van der Waals surface area contributed by atoms with E-state index >= 15 is 0 Å². The largest absolute Gasteiger partial charge is 0.433 e. The Balaban J connectivity index is 2.49. The van der Waals surface area contributed by atoms with Gasteiger partial charge in [-0.3, -0.25) is 4.98 Å². The number of pyridine rings is 2. The molecular formula is C15H11F3N2. The maximum atomic E-state index is 12.9. The van der Waals surface area contributed by atoms with Crippen molar-refractivity contribution in [1.29, 1.82) is 0 Å². The van der Waals surface area contributed by atoms with Gasteiger partial charge in [0.1, 0.15) is 5.69 Å². The van der Waals surface area contributed by atoms with Gasteiger partial charge in [0, 0.05) is 17.0 Å². The lowest BCUT2D eigenvalue weighted by Crippen LogP contribution is -2.08. The number of rotatable bonds is 0. The maximum Gasteiger partial charge on any atom is 0.433 e. The van der Waals surface area contributed by atoms with Crippen molar-refractivity contribution in [2.24, 2.45) is 0 Å². The first-order valence-corrected chi connectivity index (χ1v) is 6.11. The predicted molar refractivity (Wildman–Crippen MR) is 71.5 cm³/mol. The molecule has 2 aromatic heterocycles. The van der Waals surface area contributed by atoms with Crippen molar-refractivity contribution in [1.82, 2.24) is 9.97 Å².